The van der Waals surface area contributed by atoms with Gasteiger partial charge in [-0.3, -0.25) is 14.6 Å². The Morgan fingerprint density at radius 1 is 1.24 bits per heavy atom. The second kappa shape index (κ2) is 10.0. The van der Waals surface area contributed by atoms with Crippen LogP contribution in [0.4, 0.5) is 0 Å². The predicted octanol–water partition coefficient (Wildman–Crippen LogP) is -2.42. The normalized spacial score (nSPS) is 23.2. The zero-order chi connectivity index (χ0) is 22.4. The maximum absolute atomic E-state index is 12.9. The third kappa shape index (κ3) is 4.48. The Balaban J connectivity index is 0.00000259. The Hall–Kier alpha value is -1.44. The predicted molar refractivity (Wildman–Crippen MR) is 117 cm³/mol. The van der Waals surface area contributed by atoms with E-state index in [9.17, 15) is 19.5 Å². The Morgan fingerprint density at radius 3 is 2.67 bits per heavy atom. The van der Waals surface area contributed by atoms with E-state index < -0.39 is 12.0 Å². The number of carbonyl (C=O) groups is 3. The summed E-state index contributed by atoms with van der Waals surface area (Å²) in [7, 11) is 0. The number of hydrogen-bond donors (Lipinski definition) is 0. The van der Waals surface area contributed by atoms with E-state index in [0.29, 0.717) is 24.3 Å². The van der Waals surface area contributed by atoms with Crippen molar-refractivity contribution in [3.63, 3.8) is 0 Å². The molecule has 3 aliphatic rings. The van der Waals surface area contributed by atoms with Gasteiger partial charge in [-0.1, -0.05) is 23.1 Å². The molecule has 13 heteroatoms. The molecular formula is C20H18N5NaO4S3. The molecule has 0 spiro atoms. The van der Waals surface area contributed by atoms with Crippen molar-refractivity contribution in [2.75, 3.05) is 18.1 Å². The average Bonchev–Trinajstić information content (AvgIpc) is 3.35. The number of amides is 2. The molecule has 0 aromatic carbocycles. The van der Waals surface area contributed by atoms with Gasteiger partial charge in [0.15, 0.2) is 4.34 Å². The van der Waals surface area contributed by atoms with Crippen molar-refractivity contribution >= 4 is 52.6 Å². The zero-order valence-electron chi connectivity index (χ0n) is 18.0. The smallest absolute Gasteiger partial charge is 0.543 e. The number of aryl methyl sites for hydroxylation is 1. The molecule has 1 unspecified atom stereocenters. The molecule has 0 bridgehead atoms. The molecule has 2 amide bonds. The van der Waals surface area contributed by atoms with Crippen LogP contribution in [0.15, 0.2) is 45.0 Å². The molecule has 3 atom stereocenters. The van der Waals surface area contributed by atoms with Gasteiger partial charge in [0.25, 0.3) is 5.91 Å². The minimum atomic E-state index is -1.35. The molecule has 5 rings (SSSR count). The van der Waals surface area contributed by atoms with E-state index in [0.717, 1.165) is 14.2 Å². The molecule has 0 radical (unpaired) electrons. The second-order valence-corrected chi connectivity index (χ2v) is 11.1. The monoisotopic (exact) mass is 511 g/mol. The van der Waals surface area contributed by atoms with Crippen LogP contribution in [-0.2, 0) is 14.4 Å². The van der Waals surface area contributed by atoms with E-state index in [1.54, 1.807) is 17.3 Å². The van der Waals surface area contributed by atoms with Crippen molar-refractivity contribution in [2.24, 2.45) is 5.92 Å². The molecule has 2 aromatic heterocycles. The summed E-state index contributed by atoms with van der Waals surface area (Å²) in [6, 6.07) is 2.72. The number of likely N-dealkylation sites (tertiary alicyclic amines) is 1. The molecule has 0 aliphatic carbocycles. The first-order chi connectivity index (χ1) is 15.5. The number of β-lactam (4-membered cyclic amide) rings is 1. The number of hydrogen-bond acceptors (Lipinski definition) is 10. The molecule has 0 saturated carbocycles. The fraction of sp³-hybridized carbons (Fsp3) is 0.400. The van der Waals surface area contributed by atoms with Crippen molar-refractivity contribution in [1.29, 1.82) is 0 Å². The minimum Gasteiger partial charge on any atom is -0.543 e. The van der Waals surface area contributed by atoms with Gasteiger partial charge in [-0.15, -0.1) is 22.0 Å². The molecule has 9 nitrogen and oxygen atoms in total. The summed E-state index contributed by atoms with van der Waals surface area (Å²) in [5, 5.41) is 20.8. The van der Waals surface area contributed by atoms with Gasteiger partial charge < -0.3 is 19.7 Å². The van der Waals surface area contributed by atoms with E-state index >= 15 is 0 Å². The topological polar surface area (TPSA) is 119 Å². The SMILES string of the molecule is Cc1nnc(SCC2=C(C(=O)[O-])N3C(=O)[C@@H]4[C@H]3C2CCN4C(=O)CSc2ccncc2)s1.[Na+]. The first-order valence-corrected chi connectivity index (χ1v) is 12.8. The van der Waals surface area contributed by atoms with E-state index in [1.165, 1.54) is 39.8 Å². The first-order valence-electron chi connectivity index (χ1n) is 9.98. The van der Waals surface area contributed by atoms with E-state index in [2.05, 4.69) is 15.2 Å². The Morgan fingerprint density at radius 2 is 2.00 bits per heavy atom. The van der Waals surface area contributed by atoms with Crippen LogP contribution in [0, 0.1) is 12.8 Å². The number of pyridine rings is 1. The van der Waals surface area contributed by atoms with Gasteiger partial charge in [0, 0.05) is 35.5 Å². The van der Waals surface area contributed by atoms with Gasteiger partial charge in [-0.2, -0.15) is 0 Å². The van der Waals surface area contributed by atoms with Crippen LogP contribution in [0.3, 0.4) is 0 Å². The molecule has 2 saturated heterocycles. The van der Waals surface area contributed by atoms with Crippen LogP contribution >= 0.6 is 34.9 Å². The maximum atomic E-state index is 12.9. The molecule has 3 aliphatic heterocycles. The van der Waals surface area contributed by atoms with Crippen LogP contribution in [0.1, 0.15) is 11.4 Å². The van der Waals surface area contributed by atoms with Gasteiger partial charge in [-0.05, 0) is 31.1 Å². The number of nitrogens with zero attached hydrogens (tertiary/aromatic N) is 5. The molecule has 33 heavy (non-hydrogen) atoms. The van der Waals surface area contributed by atoms with Gasteiger partial charge in [-0.25, -0.2) is 0 Å². The third-order valence-electron chi connectivity index (χ3n) is 5.92. The van der Waals surface area contributed by atoms with Crippen molar-refractivity contribution in [3.05, 3.63) is 40.8 Å². The van der Waals surface area contributed by atoms with E-state index in [4.69, 9.17) is 0 Å². The number of aromatic nitrogens is 3. The van der Waals surface area contributed by atoms with Crippen molar-refractivity contribution in [3.8, 4) is 0 Å². The second-order valence-electron chi connectivity index (χ2n) is 7.63. The van der Waals surface area contributed by atoms with Crippen LogP contribution in [0.2, 0.25) is 0 Å². The number of carboxylic acids is 1. The minimum absolute atomic E-state index is 0. The van der Waals surface area contributed by atoms with Crippen molar-refractivity contribution in [1.82, 2.24) is 25.0 Å². The Bertz CT molecular complexity index is 1130. The summed E-state index contributed by atoms with van der Waals surface area (Å²) in [5.74, 6) is -1.28. The Kier molecular flexibility index (Phi) is 7.51. The van der Waals surface area contributed by atoms with Crippen molar-refractivity contribution < 1.29 is 49.0 Å². The number of carboxylic acid groups (broad SMARTS) is 1. The number of aliphatic carboxylic acids is 1. The number of carbonyl (C=O) groups excluding carboxylic acids is 3. The van der Waals surface area contributed by atoms with Crippen LogP contribution in [0.5, 0.6) is 0 Å². The van der Waals surface area contributed by atoms with Gasteiger partial charge in [0.2, 0.25) is 5.91 Å². The molecular weight excluding hydrogens is 493 g/mol. The van der Waals surface area contributed by atoms with Gasteiger partial charge in [0.05, 0.1) is 23.5 Å². The summed E-state index contributed by atoms with van der Waals surface area (Å²) in [4.78, 5) is 45.6. The molecule has 2 aromatic rings. The summed E-state index contributed by atoms with van der Waals surface area (Å²) >= 11 is 4.26. The van der Waals surface area contributed by atoms with Crippen LogP contribution in [-0.4, -0.2) is 72.9 Å². The Labute approximate surface area is 224 Å². The van der Waals surface area contributed by atoms with E-state index in [1.807, 2.05) is 19.1 Å². The summed E-state index contributed by atoms with van der Waals surface area (Å²) in [5.41, 5.74) is 0.664. The number of rotatable bonds is 7. The van der Waals surface area contributed by atoms with Crippen LogP contribution < -0.4 is 34.7 Å². The van der Waals surface area contributed by atoms with Crippen molar-refractivity contribution in [2.45, 2.75) is 34.7 Å². The standard InChI is InChI=1S/C20H19N5O4S3.Na/c1-10-22-23-20(32-10)31-8-13-12-4-7-24(14(26)9-30-11-2-5-21-6-3-11)17-15(12)25(18(17)27)16(13)19(28)29;/h2-3,5-6,12,15,17H,4,7-9H2,1H3,(H,28,29);/q;+1/p-1/t12?,15-,17+;/m1./s1. The van der Waals surface area contributed by atoms with Gasteiger partial charge in [0.1, 0.15) is 11.0 Å². The summed E-state index contributed by atoms with van der Waals surface area (Å²) in [6.07, 6.45) is 3.94. The molecule has 5 heterocycles. The fourth-order valence-electron chi connectivity index (χ4n) is 4.59. The maximum Gasteiger partial charge on any atom is 1.00 e. The third-order valence-corrected chi connectivity index (χ3v) is 8.94. The zero-order valence-corrected chi connectivity index (χ0v) is 22.4. The molecule has 2 fully saturated rings. The first kappa shape index (κ1) is 24.7. The quantitative estimate of drug-likeness (QED) is 0.227. The van der Waals surface area contributed by atoms with E-state index in [-0.39, 0.29) is 64.8 Å². The van der Waals surface area contributed by atoms with Gasteiger partial charge >= 0.3 is 29.6 Å². The summed E-state index contributed by atoms with van der Waals surface area (Å²) < 4.78 is 0.755. The largest absolute Gasteiger partial charge is 1.00 e. The average molecular weight is 512 g/mol. The fourth-order valence-corrected chi connectivity index (χ4v) is 7.28. The number of thioether (sulfide) groups is 2. The number of piperidine rings is 1. The van der Waals surface area contributed by atoms with Crippen LogP contribution in [0.25, 0.3) is 0 Å². The summed E-state index contributed by atoms with van der Waals surface area (Å²) in [6.45, 7) is 2.28. The molecule has 0 N–H and O–H groups in total. The molecule has 166 valence electrons.